The van der Waals surface area contributed by atoms with Crippen molar-refractivity contribution in [2.45, 2.75) is 0 Å². The third kappa shape index (κ3) is 8.86. The zero-order valence-corrected chi connectivity index (χ0v) is 4.92. The Balaban J connectivity index is 0. The Hall–Kier alpha value is 2.26. The summed E-state index contributed by atoms with van der Waals surface area (Å²) < 4.78 is 0. The molecule has 0 aromatic carbocycles. The van der Waals surface area contributed by atoms with Gasteiger partial charge in [0.1, 0.15) is 0 Å². The molecule has 0 unspecified atom stereocenters. The standard InChI is InChI=1S/Al.Mn.Ni.Ti.3H. The van der Waals surface area contributed by atoms with E-state index in [1.54, 1.807) is 0 Å². The number of hydrogen-bond acceptors (Lipinski definition) is 0. The van der Waals surface area contributed by atoms with E-state index < -0.39 is 0 Å². The van der Waals surface area contributed by atoms with Gasteiger partial charge in [-0.15, -0.1) is 0 Å². The Morgan fingerprint density at radius 1 is 1.00 bits per heavy atom. The van der Waals surface area contributed by atoms with Crippen molar-refractivity contribution in [3.8, 4) is 0 Å². The Morgan fingerprint density at radius 2 is 1.00 bits per heavy atom. The van der Waals surface area contributed by atoms with Gasteiger partial charge in [-0.2, -0.15) is 0 Å². The third-order valence-corrected chi connectivity index (χ3v) is 0. The summed E-state index contributed by atoms with van der Waals surface area (Å²) in [6, 6.07) is 0. The van der Waals surface area contributed by atoms with Crippen molar-refractivity contribution in [2.24, 2.45) is 0 Å². The van der Waals surface area contributed by atoms with Crippen LogP contribution in [0.1, 0.15) is 0 Å². The summed E-state index contributed by atoms with van der Waals surface area (Å²) >= 11 is 0. The molecule has 0 bridgehead atoms. The van der Waals surface area contributed by atoms with Crippen LogP contribution in [-0.2, 0) is 55.3 Å². The van der Waals surface area contributed by atoms with Crippen molar-refractivity contribution in [3.63, 3.8) is 0 Å². The summed E-state index contributed by atoms with van der Waals surface area (Å²) in [7, 11) is 0. The van der Waals surface area contributed by atoms with Gasteiger partial charge >= 0.3 is 0 Å². The van der Waals surface area contributed by atoms with E-state index in [0.29, 0.717) is 0 Å². The molecular weight excluding hydrogens is 188 g/mol. The van der Waals surface area contributed by atoms with Crippen LogP contribution in [0, 0.1) is 0 Å². The largest absolute Gasteiger partial charge is 0.187 e. The molecule has 0 aromatic rings. The molecule has 0 fully saturated rings. The molecule has 0 amide bonds. The second-order valence-electron chi connectivity index (χ2n) is 0. The van der Waals surface area contributed by atoms with Gasteiger partial charge in [-0.05, 0) is 0 Å². The van der Waals surface area contributed by atoms with E-state index >= 15 is 0 Å². The van der Waals surface area contributed by atoms with E-state index in [1.165, 1.54) is 0 Å². The molecule has 0 heterocycles. The van der Waals surface area contributed by atoms with E-state index in [4.69, 9.17) is 0 Å². The monoisotopic (exact) mass is 191 g/mol. The zero-order valence-electron chi connectivity index (χ0n) is 1.19. The molecule has 0 spiro atoms. The van der Waals surface area contributed by atoms with Gasteiger partial charge < -0.3 is 0 Å². The van der Waals surface area contributed by atoms with Crippen molar-refractivity contribution in [1.29, 1.82) is 0 Å². The topological polar surface area (TPSA) is 0 Å². The van der Waals surface area contributed by atoms with Gasteiger partial charge in [0, 0.05) is 55.3 Å². The first-order valence-electron chi connectivity index (χ1n) is 0. The molecule has 27 valence electrons. The van der Waals surface area contributed by atoms with Crippen LogP contribution >= 0.6 is 0 Å². The third-order valence-electron chi connectivity index (χ3n) is 0. The average Bonchev–Trinajstić information content (AvgIpc) is 0. The summed E-state index contributed by atoms with van der Waals surface area (Å²) in [6.45, 7) is 0. The maximum Gasteiger partial charge on any atom is 0.187 e. The Morgan fingerprint density at radius 3 is 1.00 bits per heavy atom. The van der Waals surface area contributed by atoms with Gasteiger partial charge in [0.15, 0.2) is 17.4 Å². The fourth-order valence-corrected chi connectivity index (χ4v) is 0. The molecule has 0 aliphatic heterocycles. The SMILES string of the molecule is [AlH3].[Mn].[Ni].[Ti]. The average molecular weight is 192 g/mol. The molecular formula is H3AlMnNiTi. The maximum atomic E-state index is 0. The van der Waals surface area contributed by atoms with Gasteiger partial charge in [-0.1, -0.05) is 0 Å². The first kappa shape index (κ1) is 33.9. The first-order valence-corrected chi connectivity index (χ1v) is 0. The van der Waals surface area contributed by atoms with Crippen LogP contribution in [0.2, 0.25) is 0 Å². The van der Waals surface area contributed by atoms with E-state index in [0.717, 1.165) is 0 Å². The van der Waals surface area contributed by atoms with Crippen LogP contribution in [0.25, 0.3) is 0 Å². The molecule has 0 N–H and O–H groups in total. The Kier molecular flexibility index (Phi) is 158. The minimum atomic E-state index is 0. The molecule has 4 heteroatoms. The number of rotatable bonds is 0. The summed E-state index contributed by atoms with van der Waals surface area (Å²) in [5, 5.41) is 0. The fraction of sp³-hybridized carbons (Fsp3) is 0. The molecule has 0 saturated carbocycles. The normalized spacial score (nSPS) is 0. The van der Waals surface area contributed by atoms with E-state index in [9.17, 15) is 0 Å². The Labute approximate surface area is 71.9 Å². The van der Waals surface area contributed by atoms with Crippen LogP contribution in [0.3, 0.4) is 0 Å². The van der Waals surface area contributed by atoms with Crippen molar-refractivity contribution in [2.75, 3.05) is 0 Å². The minimum Gasteiger partial charge on any atom is 0 e. The second-order valence-corrected chi connectivity index (χ2v) is 0. The van der Waals surface area contributed by atoms with Gasteiger partial charge in [0.2, 0.25) is 0 Å². The van der Waals surface area contributed by atoms with Crippen LogP contribution < -0.4 is 0 Å². The van der Waals surface area contributed by atoms with Gasteiger partial charge in [0.25, 0.3) is 0 Å². The van der Waals surface area contributed by atoms with Crippen LogP contribution in [-0.4, -0.2) is 17.4 Å². The van der Waals surface area contributed by atoms with Crippen LogP contribution in [0.4, 0.5) is 0 Å². The summed E-state index contributed by atoms with van der Waals surface area (Å²) in [5.41, 5.74) is 0. The van der Waals surface area contributed by atoms with E-state index in [1.807, 2.05) is 0 Å². The first-order chi connectivity index (χ1) is 0. The second kappa shape index (κ2) is 18.7. The summed E-state index contributed by atoms with van der Waals surface area (Å²) in [5.74, 6) is 0. The predicted octanol–water partition coefficient (Wildman–Crippen LogP) is -1.19. The van der Waals surface area contributed by atoms with Crippen molar-refractivity contribution in [1.82, 2.24) is 0 Å². The van der Waals surface area contributed by atoms with Crippen molar-refractivity contribution in [3.05, 3.63) is 0 Å². The molecule has 0 aliphatic rings. The molecule has 0 atom stereocenters. The molecule has 0 aromatic heterocycles. The minimum absolute atomic E-state index is 0. The van der Waals surface area contributed by atoms with E-state index in [2.05, 4.69) is 0 Å². The quantitative estimate of drug-likeness (QED) is 0.423. The molecule has 1 radical (unpaired) electrons. The maximum absolute atomic E-state index is 0. The van der Waals surface area contributed by atoms with Crippen molar-refractivity contribution < 1.29 is 55.3 Å². The van der Waals surface area contributed by atoms with Crippen LogP contribution in [0.15, 0.2) is 0 Å². The smallest absolute Gasteiger partial charge is 0 e. The molecule has 4 heavy (non-hydrogen) atoms. The van der Waals surface area contributed by atoms with Gasteiger partial charge in [-0.3, -0.25) is 0 Å². The fourth-order valence-electron chi connectivity index (χ4n) is 0. The molecule has 0 aliphatic carbocycles. The van der Waals surface area contributed by atoms with Crippen molar-refractivity contribution >= 4 is 17.4 Å². The Bertz CT molecular complexity index is 8.00. The molecule has 0 saturated heterocycles. The van der Waals surface area contributed by atoms with E-state index in [-0.39, 0.29) is 72.6 Å². The summed E-state index contributed by atoms with van der Waals surface area (Å²) in [4.78, 5) is 0. The summed E-state index contributed by atoms with van der Waals surface area (Å²) in [6.07, 6.45) is 0. The van der Waals surface area contributed by atoms with Gasteiger partial charge in [-0.25, -0.2) is 0 Å². The zero-order chi connectivity index (χ0) is 0. The van der Waals surface area contributed by atoms with Gasteiger partial charge in [0.05, 0.1) is 0 Å². The predicted molar refractivity (Wildman–Crippen MR) is 9.94 cm³/mol. The molecule has 0 rings (SSSR count). The molecule has 0 nitrogen and oxygen atoms in total. The van der Waals surface area contributed by atoms with Crippen LogP contribution in [0.5, 0.6) is 0 Å². The number of hydrogen-bond donors (Lipinski definition) is 0.